The minimum atomic E-state index is -0.590. The van der Waals surface area contributed by atoms with E-state index in [1.165, 1.54) is 23.3 Å². The van der Waals surface area contributed by atoms with Crippen LogP contribution in [0.5, 0.6) is 0 Å². The summed E-state index contributed by atoms with van der Waals surface area (Å²) in [6.07, 6.45) is 3.69. The van der Waals surface area contributed by atoms with Crippen LogP contribution in [-0.2, 0) is 6.67 Å². The highest BCUT2D eigenvalue weighted by Gasteiger charge is 2.06. The topological polar surface area (TPSA) is 47.8 Å². The number of alkyl halides is 1. The SMILES string of the molecule is O=Cc1cc(CF)ccc1-n1nccn1. The average Bonchev–Trinajstić information content (AvgIpc) is 2.81. The Labute approximate surface area is 85.3 Å². The van der Waals surface area contributed by atoms with Gasteiger partial charge in [-0.2, -0.15) is 15.0 Å². The predicted octanol–water partition coefficient (Wildman–Crippen LogP) is 1.55. The summed E-state index contributed by atoms with van der Waals surface area (Å²) in [6.45, 7) is -0.590. The second-order valence-corrected chi connectivity index (χ2v) is 2.96. The van der Waals surface area contributed by atoms with Crippen LogP contribution in [0.2, 0.25) is 0 Å². The molecular formula is C10H8FN3O. The van der Waals surface area contributed by atoms with Gasteiger partial charge in [-0.15, -0.1) is 0 Å². The minimum Gasteiger partial charge on any atom is -0.298 e. The summed E-state index contributed by atoms with van der Waals surface area (Å²) in [4.78, 5) is 12.1. The van der Waals surface area contributed by atoms with Crippen LogP contribution in [0.15, 0.2) is 30.6 Å². The van der Waals surface area contributed by atoms with E-state index in [0.717, 1.165) is 0 Å². The molecule has 4 nitrogen and oxygen atoms in total. The van der Waals surface area contributed by atoms with Gasteiger partial charge < -0.3 is 0 Å². The van der Waals surface area contributed by atoms with Gasteiger partial charge in [-0.3, -0.25) is 4.79 Å². The van der Waals surface area contributed by atoms with E-state index in [9.17, 15) is 9.18 Å². The first-order chi connectivity index (χ1) is 7.35. The van der Waals surface area contributed by atoms with Crippen molar-refractivity contribution >= 4 is 6.29 Å². The van der Waals surface area contributed by atoms with E-state index in [1.54, 1.807) is 12.1 Å². The summed E-state index contributed by atoms with van der Waals surface area (Å²) in [5.74, 6) is 0. The van der Waals surface area contributed by atoms with Gasteiger partial charge in [0, 0.05) is 5.56 Å². The van der Waals surface area contributed by atoms with Crippen molar-refractivity contribution in [1.82, 2.24) is 15.0 Å². The van der Waals surface area contributed by atoms with Crippen LogP contribution in [0, 0.1) is 0 Å². The van der Waals surface area contributed by atoms with Gasteiger partial charge in [0.2, 0.25) is 0 Å². The van der Waals surface area contributed by atoms with Crippen molar-refractivity contribution in [1.29, 1.82) is 0 Å². The molecule has 0 bridgehead atoms. The zero-order valence-electron chi connectivity index (χ0n) is 7.80. The maximum atomic E-state index is 12.4. The molecule has 1 aromatic heterocycles. The van der Waals surface area contributed by atoms with E-state index < -0.39 is 6.67 Å². The Morgan fingerprint density at radius 1 is 1.33 bits per heavy atom. The van der Waals surface area contributed by atoms with Crippen LogP contribution < -0.4 is 0 Å². The highest BCUT2D eigenvalue weighted by molar-refractivity contribution is 5.81. The number of rotatable bonds is 3. The molecule has 15 heavy (non-hydrogen) atoms. The molecular weight excluding hydrogens is 197 g/mol. The monoisotopic (exact) mass is 205 g/mol. The quantitative estimate of drug-likeness (QED) is 0.714. The fourth-order valence-corrected chi connectivity index (χ4v) is 1.30. The first kappa shape index (κ1) is 9.51. The number of aromatic nitrogens is 3. The Morgan fingerprint density at radius 2 is 2.07 bits per heavy atom. The molecule has 0 aliphatic carbocycles. The molecule has 1 heterocycles. The highest BCUT2D eigenvalue weighted by atomic mass is 19.1. The summed E-state index contributed by atoms with van der Waals surface area (Å²) in [7, 11) is 0. The zero-order chi connectivity index (χ0) is 10.7. The molecule has 0 saturated carbocycles. The van der Waals surface area contributed by atoms with Crippen LogP contribution in [0.3, 0.4) is 0 Å². The van der Waals surface area contributed by atoms with Gasteiger partial charge in [0.15, 0.2) is 6.29 Å². The maximum Gasteiger partial charge on any atom is 0.152 e. The molecule has 0 N–H and O–H groups in total. The van der Waals surface area contributed by atoms with Crippen LogP contribution in [-0.4, -0.2) is 21.3 Å². The molecule has 0 fully saturated rings. The van der Waals surface area contributed by atoms with Crippen molar-refractivity contribution in [3.8, 4) is 5.69 Å². The van der Waals surface area contributed by atoms with E-state index in [4.69, 9.17) is 0 Å². The lowest BCUT2D eigenvalue weighted by atomic mass is 10.1. The molecule has 0 saturated heterocycles. The van der Waals surface area contributed by atoms with Crippen LogP contribution in [0.1, 0.15) is 15.9 Å². The third kappa shape index (κ3) is 1.76. The number of hydrogen-bond acceptors (Lipinski definition) is 3. The summed E-state index contributed by atoms with van der Waals surface area (Å²) < 4.78 is 12.4. The number of aldehydes is 1. The second kappa shape index (κ2) is 4.00. The van der Waals surface area contributed by atoms with E-state index in [2.05, 4.69) is 10.2 Å². The molecule has 5 heteroatoms. The van der Waals surface area contributed by atoms with Crippen molar-refractivity contribution in [2.24, 2.45) is 0 Å². The lowest BCUT2D eigenvalue weighted by Crippen LogP contribution is -2.03. The van der Waals surface area contributed by atoms with Crippen molar-refractivity contribution in [3.05, 3.63) is 41.7 Å². The van der Waals surface area contributed by atoms with Crippen molar-refractivity contribution in [3.63, 3.8) is 0 Å². The molecule has 0 radical (unpaired) electrons. The Bertz CT molecular complexity index is 468. The number of carbonyl (C=O) groups is 1. The number of nitrogens with zero attached hydrogens (tertiary/aromatic N) is 3. The maximum absolute atomic E-state index is 12.4. The third-order valence-electron chi connectivity index (χ3n) is 2.01. The van der Waals surface area contributed by atoms with Gasteiger partial charge in [-0.1, -0.05) is 6.07 Å². The molecule has 0 spiro atoms. The number of hydrogen-bond donors (Lipinski definition) is 0. The van der Waals surface area contributed by atoms with E-state index in [1.807, 2.05) is 0 Å². The van der Waals surface area contributed by atoms with Gasteiger partial charge in [-0.25, -0.2) is 4.39 Å². The number of halogens is 1. The van der Waals surface area contributed by atoms with E-state index >= 15 is 0 Å². The van der Waals surface area contributed by atoms with E-state index in [-0.39, 0.29) is 0 Å². The van der Waals surface area contributed by atoms with Crippen LogP contribution >= 0.6 is 0 Å². The summed E-state index contributed by atoms with van der Waals surface area (Å²) in [5, 5.41) is 7.81. The van der Waals surface area contributed by atoms with Crippen LogP contribution in [0.4, 0.5) is 4.39 Å². The van der Waals surface area contributed by atoms with Crippen LogP contribution in [0.25, 0.3) is 5.69 Å². The standard InChI is InChI=1S/C10H8FN3O/c11-6-8-1-2-10(9(5-8)7-15)14-12-3-4-13-14/h1-5,7H,6H2. The Morgan fingerprint density at radius 3 is 2.67 bits per heavy atom. The molecule has 0 atom stereocenters. The molecule has 2 rings (SSSR count). The Balaban J connectivity index is 2.52. The van der Waals surface area contributed by atoms with Gasteiger partial charge in [0.1, 0.15) is 6.67 Å². The summed E-state index contributed by atoms with van der Waals surface area (Å²) >= 11 is 0. The molecule has 0 aliphatic heterocycles. The smallest absolute Gasteiger partial charge is 0.152 e. The third-order valence-corrected chi connectivity index (χ3v) is 2.01. The van der Waals surface area contributed by atoms with Gasteiger partial charge in [0.05, 0.1) is 18.1 Å². The molecule has 76 valence electrons. The van der Waals surface area contributed by atoms with Gasteiger partial charge in [-0.05, 0) is 17.7 Å². The highest BCUT2D eigenvalue weighted by Crippen LogP contribution is 2.14. The predicted molar refractivity (Wildman–Crippen MR) is 51.6 cm³/mol. The fourth-order valence-electron chi connectivity index (χ4n) is 1.30. The normalized spacial score (nSPS) is 10.2. The fraction of sp³-hybridized carbons (Fsp3) is 0.100. The average molecular weight is 205 g/mol. The summed E-state index contributed by atoms with van der Waals surface area (Å²) in [6, 6.07) is 4.72. The van der Waals surface area contributed by atoms with Gasteiger partial charge >= 0.3 is 0 Å². The largest absolute Gasteiger partial charge is 0.298 e. The first-order valence-corrected chi connectivity index (χ1v) is 4.36. The lowest BCUT2D eigenvalue weighted by Gasteiger charge is -2.04. The van der Waals surface area contributed by atoms with Gasteiger partial charge in [0.25, 0.3) is 0 Å². The van der Waals surface area contributed by atoms with Crippen molar-refractivity contribution in [2.45, 2.75) is 6.67 Å². The number of carbonyl (C=O) groups excluding carboxylic acids is 1. The van der Waals surface area contributed by atoms with E-state index in [0.29, 0.717) is 23.1 Å². The first-order valence-electron chi connectivity index (χ1n) is 4.36. The second-order valence-electron chi connectivity index (χ2n) is 2.96. The molecule has 2 aromatic rings. The molecule has 0 unspecified atom stereocenters. The summed E-state index contributed by atoms with van der Waals surface area (Å²) in [5.41, 5.74) is 1.39. The molecule has 0 amide bonds. The zero-order valence-corrected chi connectivity index (χ0v) is 7.80. The lowest BCUT2D eigenvalue weighted by molar-refractivity contribution is 0.112. The van der Waals surface area contributed by atoms with Crippen molar-refractivity contribution < 1.29 is 9.18 Å². The number of benzene rings is 1. The Kier molecular flexibility index (Phi) is 2.53. The Hall–Kier alpha value is -2.04. The minimum absolute atomic E-state index is 0.376. The van der Waals surface area contributed by atoms with Crippen molar-refractivity contribution in [2.75, 3.05) is 0 Å². The molecule has 0 aliphatic rings. The molecule has 1 aromatic carbocycles.